The van der Waals surface area contributed by atoms with Gasteiger partial charge in [-0.2, -0.15) is 0 Å². The predicted molar refractivity (Wildman–Crippen MR) is 74.4 cm³/mol. The Kier molecular flexibility index (Phi) is 4.26. The van der Waals surface area contributed by atoms with E-state index in [0.29, 0.717) is 12.3 Å². The number of esters is 1. The lowest BCUT2D eigenvalue weighted by Gasteiger charge is -2.22. The van der Waals surface area contributed by atoms with Gasteiger partial charge in [0.05, 0.1) is 11.6 Å². The number of hydrogen-bond donors (Lipinski definition) is 0. The molecule has 2 atom stereocenters. The zero-order chi connectivity index (χ0) is 14.8. The molecule has 1 fully saturated rings. The Hall–Kier alpha value is -1.65. The molecular formula is C15H22N2O3. The summed E-state index contributed by atoms with van der Waals surface area (Å²) >= 11 is 0. The number of ether oxygens (including phenoxy) is 2. The second-order valence-electron chi connectivity index (χ2n) is 6.23. The molecule has 110 valence electrons. The highest BCUT2D eigenvalue weighted by Gasteiger charge is 2.34. The fourth-order valence-corrected chi connectivity index (χ4v) is 2.31. The number of nitrogens with zero attached hydrogens (tertiary/aromatic N) is 2. The van der Waals surface area contributed by atoms with Crippen LogP contribution in [0.15, 0.2) is 12.4 Å². The van der Waals surface area contributed by atoms with Crippen molar-refractivity contribution in [2.75, 3.05) is 0 Å². The van der Waals surface area contributed by atoms with Gasteiger partial charge in [-0.25, -0.2) is 4.98 Å². The molecule has 1 aliphatic rings. The van der Waals surface area contributed by atoms with E-state index in [1.54, 1.807) is 12.4 Å². The van der Waals surface area contributed by atoms with Gasteiger partial charge in [0.25, 0.3) is 0 Å². The van der Waals surface area contributed by atoms with Crippen LogP contribution in [0, 0.1) is 12.8 Å². The molecular weight excluding hydrogens is 256 g/mol. The summed E-state index contributed by atoms with van der Waals surface area (Å²) in [6.45, 7) is 7.52. The van der Waals surface area contributed by atoms with Gasteiger partial charge in [0.2, 0.25) is 5.88 Å². The van der Waals surface area contributed by atoms with Crippen molar-refractivity contribution in [3.63, 3.8) is 0 Å². The average Bonchev–Trinajstić information content (AvgIpc) is 2.79. The molecule has 0 amide bonds. The molecule has 0 saturated heterocycles. The summed E-state index contributed by atoms with van der Waals surface area (Å²) in [6.07, 6.45) is 5.61. The summed E-state index contributed by atoms with van der Waals surface area (Å²) in [7, 11) is 0. The van der Waals surface area contributed by atoms with Crippen molar-refractivity contribution in [2.45, 2.75) is 58.7 Å². The van der Waals surface area contributed by atoms with Crippen LogP contribution in [0.25, 0.3) is 0 Å². The molecule has 2 rings (SSSR count). The van der Waals surface area contributed by atoms with Gasteiger partial charge >= 0.3 is 5.97 Å². The SMILES string of the molecule is Cc1nccnc1OC1CCC(C(=O)OC(C)(C)C)C1. The van der Waals surface area contributed by atoms with Crippen molar-refractivity contribution in [3.05, 3.63) is 18.1 Å². The van der Waals surface area contributed by atoms with Crippen LogP contribution in [0.5, 0.6) is 5.88 Å². The molecule has 1 aromatic heterocycles. The first-order valence-electron chi connectivity index (χ1n) is 7.02. The van der Waals surface area contributed by atoms with E-state index in [-0.39, 0.29) is 18.0 Å². The molecule has 0 aromatic carbocycles. The van der Waals surface area contributed by atoms with Crippen LogP contribution < -0.4 is 4.74 Å². The molecule has 5 heteroatoms. The van der Waals surface area contributed by atoms with Gasteiger partial charge < -0.3 is 9.47 Å². The fraction of sp³-hybridized carbons (Fsp3) is 0.667. The Morgan fingerprint density at radius 2 is 1.95 bits per heavy atom. The number of carbonyl (C=O) groups excluding carboxylic acids is 1. The maximum atomic E-state index is 12.0. The summed E-state index contributed by atoms with van der Waals surface area (Å²) in [6, 6.07) is 0. The third-order valence-electron chi connectivity index (χ3n) is 3.24. The largest absolute Gasteiger partial charge is 0.473 e. The van der Waals surface area contributed by atoms with Crippen LogP contribution in [-0.2, 0) is 9.53 Å². The minimum atomic E-state index is -0.433. The third kappa shape index (κ3) is 3.92. The van der Waals surface area contributed by atoms with E-state index >= 15 is 0 Å². The summed E-state index contributed by atoms with van der Waals surface area (Å²) in [5.74, 6) is 0.359. The Morgan fingerprint density at radius 3 is 2.60 bits per heavy atom. The van der Waals surface area contributed by atoms with Crippen molar-refractivity contribution in [1.82, 2.24) is 9.97 Å². The van der Waals surface area contributed by atoms with Crippen molar-refractivity contribution < 1.29 is 14.3 Å². The van der Waals surface area contributed by atoms with Gasteiger partial charge in [-0.05, 0) is 47.0 Å². The lowest BCUT2D eigenvalue weighted by Crippen LogP contribution is -2.28. The highest BCUT2D eigenvalue weighted by molar-refractivity contribution is 5.73. The van der Waals surface area contributed by atoms with E-state index in [0.717, 1.165) is 18.5 Å². The lowest BCUT2D eigenvalue weighted by atomic mass is 10.1. The number of aryl methyl sites for hydroxylation is 1. The number of rotatable bonds is 3. The molecule has 1 aromatic rings. The first kappa shape index (κ1) is 14.8. The average molecular weight is 278 g/mol. The van der Waals surface area contributed by atoms with Gasteiger partial charge in [0.1, 0.15) is 11.7 Å². The highest BCUT2D eigenvalue weighted by atomic mass is 16.6. The van der Waals surface area contributed by atoms with Gasteiger partial charge in [0.15, 0.2) is 0 Å². The Morgan fingerprint density at radius 1 is 1.25 bits per heavy atom. The molecule has 0 radical (unpaired) electrons. The lowest BCUT2D eigenvalue weighted by molar-refractivity contribution is -0.159. The summed E-state index contributed by atoms with van der Waals surface area (Å²) < 4.78 is 11.3. The summed E-state index contributed by atoms with van der Waals surface area (Å²) in [5, 5.41) is 0. The number of aromatic nitrogens is 2. The Labute approximate surface area is 119 Å². The zero-order valence-corrected chi connectivity index (χ0v) is 12.5. The smallest absolute Gasteiger partial charge is 0.309 e. The molecule has 2 unspecified atom stereocenters. The summed E-state index contributed by atoms with van der Waals surface area (Å²) in [5.41, 5.74) is 0.338. The number of hydrogen-bond acceptors (Lipinski definition) is 5. The third-order valence-corrected chi connectivity index (χ3v) is 3.24. The second kappa shape index (κ2) is 5.77. The molecule has 0 aliphatic heterocycles. The molecule has 0 spiro atoms. The molecule has 1 heterocycles. The van der Waals surface area contributed by atoms with Gasteiger partial charge in [-0.1, -0.05) is 0 Å². The van der Waals surface area contributed by atoms with E-state index in [1.165, 1.54) is 0 Å². The van der Waals surface area contributed by atoms with E-state index in [4.69, 9.17) is 9.47 Å². The molecule has 1 saturated carbocycles. The molecule has 20 heavy (non-hydrogen) atoms. The maximum absolute atomic E-state index is 12.0. The standard InChI is InChI=1S/C15H22N2O3/c1-10-13(17-8-7-16-10)19-12-6-5-11(9-12)14(18)20-15(2,3)4/h7-8,11-12H,5-6,9H2,1-4H3. The molecule has 5 nitrogen and oxygen atoms in total. The van der Waals surface area contributed by atoms with Crippen molar-refractivity contribution >= 4 is 5.97 Å². The van der Waals surface area contributed by atoms with Gasteiger partial charge in [-0.3, -0.25) is 9.78 Å². The van der Waals surface area contributed by atoms with Crippen molar-refractivity contribution in [3.8, 4) is 5.88 Å². The Bertz CT molecular complexity index is 482. The van der Waals surface area contributed by atoms with E-state index < -0.39 is 5.60 Å². The maximum Gasteiger partial charge on any atom is 0.309 e. The molecule has 1 aliphatic carbocycles. The van der Waals surface area contributed by atoms with Crippen molar-refractivity contribution in [1.29, 1.82) is 0 Å². The second-order valence-corrected chi connectivity index (χ2v) is 6.23. The Balaban J connectivity index is 1.90. The molecule has 0 bridgehead atoms. The normalized spacial score (nSPS) is 22.6. The van der Waals surface area contributed by atoms with E-state index in [1.807, 2.05) is 27.7 Å². The predicted octanol–water partition coefficient (Wildman–Crippen LogP) is 2.67. The monoisotopic (exact) mass is 278 g/mol. The molecule has 0 N–H and O–H groups in total. The van der Waals surface area contributed by atoms with Crippen LogP contribution >= 0.6 is 0 Å². The van der Waals surface area contributed by atoms with Crippen LogP contribution in [-0.4, -0.2) is 27.6 Å². The van der Waals surface area contributed by atoms with Gasteiger partial charge in [-0.15, -0.1) is 0 Å². The topological polar surface area (TPSA) is 61.3 Å². The first-order chi connectivity index (χ1) is 9.35. The first-order valence-corrected chi connectivity index (χ1v) is 7.02. The minimum absolute atomic E-state index is 0.0166. The van der Waals surface area contributed by atoms with Crippen LogP contribution in [0.4, 0.5) is 0 Å². The van der Waals surface area contributed by atoms with Gasteiger partial charge in [0, 0.05) is 12.4 Å². The van der Waals surface area contributed by atoms with Crippen molar-refractivity contribution in [2.24, 2.45) is 5.92 Å². The highest BCUT2D eigenvalue weighted by Crippen LogP contribution is 2.31. The zero-order valence-electron chi connectivity index (χ0n) is 12.5. The van der Waals surface area contributed by atoms with E-state index in [9.17, 15) is 4.79 Å². The fourth-order valence-electron chi connectivity index (χ4n) is 2.31. The van der Waals surface area contributed by atoms with E-state index in [2.05, 4.69) is 9.97 Å². The minimum Gasteiger partial charge on any atom is -0.473 e. The van der Waals surface area contributed by atoms with Crippen LogP contribution in [0.3, 0.4) is 0 Å². The number of carbonyl (C=O) groups is 1. The van der Waals surface area contributed by atoms with Crippen LogP contribution in [0.1, 0.15) is 45.7 Å². The van der Waals surface area contributed by atoms with Crippen LogP contribution in [0.2, 0.25) is 0 Å². The quantitative estimate of drug-likeness (QED) is 0.795. The summed E-state index contributed by atoms with van der Waals surface area (Å²) in [4.78, 5) is 20.3.